The average Bonchev–Trinajstić information content (AvgIpc) is 1.59. The molecule has 18 atom stereocenters. The highest BCUT2D eigenvalue weighted by Gasteiger charge is 2.69. The Morgan fingerprint density at radius 1 is 0.326 bits per heavy atom. The lowest BCUT2D eigenvalue weighted by Gasteiger charge is -2.59. The second-order valence-electron chi connectivity index (χ2n) is 34.9. The maximum Gasteiger partial charge on any atom is 0.415 e. The van der Waals surface area contributed by atoms with E-state index in [4.69, 9.17) is 14.6 Å². The van der Waals surface area contributed by atoms with E-state index in [9.17, 15) is 186 Å². The van der Waals surface area contributed by atoms with Crippen molar-refractivity contribution in [1.82, 2.24) is 0 Å². The summed E-state index contributed by atoms with van der Waals surface area (Å²) in [6.45, 7) is 5.59. The van der Waals surface area contributed by atoms with Gasteiger partial charge in [-0.05, 0) is 196 Å². The first-order chi connectivity index (χ1) is 67.1. The molecular formula is C72H96F16O48S8-8. The lowest BCUT2D eigenvalue weighted by molar-refractivity contribution is -0.777. The summed E-state index contributed by atoms with van der Waals surface area (Å²) in [6, 6.07) is 0. The fourth-order valence-electron chi connectivity index (χ4n) is 18.5. The van der Waals surface area contributed by atoms with Crippen LogP contribution < -0.4 is 42.1 Å². The first-order valence-corrected chi connectivity index (χ1v) is 48.3. The molecule has 13 aliphatic carbocycles. The molecule has 0 aliphatic heterocycles. The van der Waals surface area contributed by atoms with Gasteiger partial charge in [-0.2, -0.15) is 105 Å². The molecule has 0 amide bonds. The molecule has 13 saturated carbocycles. The van der Waals surface area contributed by atoms with E-state index in [0.29, 0.717) is 127 Å². The predicted octanol–water partition coefficient (Wildman–Crippen LogP) is 3.37. The van der Waals surface area contributed by atoms with Crippen molar-refractivity contribution in [3.05, 3.63) is 0 Å². The number of aliphatic hydroxyl groups is 8. The van der Waals surface area contributed by atoms with E-state index < -0.39 is 288 Å². The van der Waals surface area contributed by atoms with Crippen LogP contribution in [0.4, 0.5) is 70.2 Å². The molecule has 0 saturated heterocycles. The van der Waals surface area contributed by atoms with Crippen LogP contribution in [-0.4, -0.2) is 228 Å². The lowest BCUT2D eigenvalue weighted by Crippen LogP contribution is -2.57. The highest BCUT2D eigenvalue weighted by molar-refractivity contribution is 7.98. The van der Waals surface area contributed by atoms with Crippen LogP contribution in [0.1, 0.15) is 207 Å². The summed E-state index contributed by atoms with van der Waals surface area (Å²) in [6.07, 6.45) is 4.36. The highest BCUT2D eigenvalue weighted by atomic mass is 32.2. The normalized spacial score (nSPS) is 30.8. The first kappa shape index (κ1) is 131. The molecule has 13 aliphatic rings. The number of carbonyl (C=O) groups is 8. The van der Waals surface area contributed by atoms with E-state index >= 15 is 0 Å². The third-order valence-corrected chi connectivity index (χ3v) is 28.9. The molecule has 840 valence electrons. The van der Waals surface area contributed by atoms with Crippen molar-refractivity contribution in [3.63, 3.8) is 0 Å². The molecular weight excluding hydrogens is 2190 g/mol. The minimum Gasteiger partial charge on any atom is -0.691 e. The van der Waals surface area contributed by atoms with Gasteiger partial charge in [-0.3, -0.25) is 40.3 Å². The SMILES string of the molecule is CC1(C)C2CCC1(C)C(O)C2OC(=O)C(F)(F)SOO[O-].O=C(OC1C2CCC(C2)C1O)C(F)(F)SOO[O-].O=C(OC1CCC(O)C1)C(F)(F)SOO[O-].O=C(OC1CCC(O)CC1)C(F)(F)SOO[O-].O=C(OC1CCCC(O)C1)C(F)(F)SOO[O-].O=C(OC1CCCC1O)C(F)(F)SOO[O-].O=C(OC1CCCCC1O)C(F)(F)SOO[O-].O=C(OCC12CC3CC(CC(O)(C3)C1)C2)C(F)(F)SOO[O-]. The summed E-state index contributed by atoms with van der Waals surface area (Å²) in [5, 5.41) is 142. The third-order valence-electron chi connectivity index (χ3n) is 24.9. The van der Waals surface area contributed by atoms with E-state index in [2.05, 4.69) is 103 Å². The third kappa shape index (κ3) is 40.2. The number of ether oxygens (including phenoxy) is 8. The van der Waals surface area contributed by atoms with Gasteiger partial charge in [0.15, 0.2) is 0 Å². The van der Waals surface area contributed by atoms with Crippen LogP contribution in [0.25, 0.3) is 0 Å². The van der Waals surface area contributed by atoms with Gasteiger partial charge in [0.05, 0.1) is 54.9 Å². The van der Waals surface area contributed by atoms with Crippen LogP contribution in [0.2, 0.25) is 0 Å². The molecule has 0 heterocycles. The highest BCUT2D eigenvalue weighted by Crippen LogP contribution is 2.67. The fraction of sp³-hybridized carbons (Fsp3) is 0.889. The van der Waals surface area contributed by atoms with Gasteiger partial charge in [0, 0.05) is 29.6 Å². The number of hydrogen-bond donors (Lipinski definition) is 8. The maximum atomic E-state index is 13.4. The molecule has 0 aromatic rings. The Hall–Kier alpha value is -3.84. The lowest BCUT2D eigenvalue weighted by atomic mass is 9.48. The van der Waals surface area contributed by atoms with Crippen LogP contribution in [0.3, 0.4) is 0 Å². The van der Waals surface area contributed by atoms with Crippen molar-refractivity contribution in [2.45, 2.75) is 340 Å². The number of carbonyl (C=O) groups excluding carboxylic acids is 8. The number of esters is 8. The van der Waals surface area contributed by atoms with Crippen LogP contribution in [0.15, 0.2) is 0 Å². The molecule has 18 unspecified atom stereocenters. The number of rotatable bonds is 41. The van der Waals surface area contributed by atoms with E-state index in [0.717, 1.165) is 57.8 Å². The zero-order valence-corrected chi connectivity index (χ0v) is 80.9. The van der Waals surface area contributed by atoms with Gasteiger partial charge in [-0.25, -0.2) is 38.4 Å². The van der Waals surface area contributed by atoms with Crippen molar-refractivity contribution in [2.75, 3.05) is 6.61 Å². The van der Waals surface area contributed by atoms with Crippen LogP contribution in [0, 0.1) is 45.8 Å². The summed E-state index contributed by atoms with van der Waals surface area (Å²) in [5.41, 5.74) is -1.97. The maximum absolute atomic E-state index is 13.4. The largest absolute Gasteiger partial charge is 0.691 e. The monoisotopic (exact) mass is 2290 g/mol. The Morgan fingerprint density at radius 2 is 0.646 bits per heavy atom. The summed E-state index contributed by atoms with van der Waals surface area (Å²) in [5.74, 6) is -14.2. The Labute approximate surface area is 837 Å². The number of halogens is 16. The predicted molar refractivity (Wildman–Crippen MR) is 420 cm³/mol. The van der Waals surface area contributed by atoms with Gasteiger partial charge in [-0.15, -0.1) is 0 Å². The standard InChI is InChI=1S/C13H18F2O6S.C12H18F2O6S.C9H12F2O6S.3C8H12F2O6S.2C7H10F2O6S/c14-13(15,22-21-20-18)10(16)19-7-11-2-8-1-9(3-11)5-12(17,4-8)6-11;1-10(2)6-4-5-11(10,3)8(15)7(6)18-9(16)12(13,14)21-20-19-17;10-9(11,18-17-16-14)8(13)15-7-5-2-1-4(3-5)6(7)12;9-8(10,17-16-15-13)7(12)14-6-3-1-5(11)2-4-6;9-8(10,17-16-15-13)7(12)14-6-3-1-2-5(11)4-6;9-8(10,17-16-15-13)7(12)14-6-4-2-1-3-5(6)11;8-7(9,16-15-14-12)6(11)13-5-2-1-4(10)3-5;8-7(9,16-15-14-12)6(11)13-5-3-1-2-4(5)10/h8-9,17-18H,1-7H2;6-8,15,17H,4-5H2,1-3H3;4-7,12,14H,1-3H2;3*5-6,11,13H,1-4H2;2*4-5,10,12H,1-3H2/p-8. The average molecular weight is 2290 g/mol. The molecule has 8 bridgehead atoms. The topological polar surface area (TPSA) is 704 Å². The second kappa shape index (κ2) is 59.6. The number of fused-ring (bicyclic) bond motifs is 4. The van der Waals surface area contributed by atoms with Crippen molar-refractivity contribution in [3.8, 4) is 0 Å². The van der Waals surface area contributed by atoms with E-state index in [-0.39, 0.29) is 42.6 Å². The number of aliphatic hydroxyl groups excluding tert-OH is 7. The molecule has 0 aromatic carbocycles. The first-order valence-electron chi connectivity index (χ1n) is 42.4. The molecule has 8 N–H and O–H groups in total. The van der Waals surface area contributed by atoms with Gasteiger partial charge in [0.2, 0.25) is 0 Å². The van der Waals surface area contributed by atoms with E-state index in [1.165, 1.54) is 0 Å². The van der Waals surface area contributed by atoms with Gasteiger partial charge in [-0.1, -0.05) is 27.2 Å². The van der Waals surface area contributed by atoms with Crippen LogP contribution in [0.5, 0.6) is 0 Å². The van der Waals surface area contributed by atoms with Crippen LogP contribution in [-0.2, 0) is 151 Å². The molecule has 48 nitrogen and oxygen atoms in total. The second-order valence-corrected chi connectivity index (χ2v) is 41.4. The minimum absolute atomic E-state index is 0.00954. The molecule has 13 rings (SSSR count). The van der Waals surface area contributed by atoms with Crippen molar-refractivity contribution < 1.29 is 304 Å². The van der Waals surface area contributed by atoms with Gasteiger partial charge in [0.1, 0.15) is 139 Å². The van der Waals surface area contributed by atoms with E-state index in [1.807, 2.05) is 20.8 Å². The summed E-state index contributed by atoms with van der Waals surface area (Å²) >= 11 is -5.83. The quantitative estimate of drug-likeness (QED) is 0.0109. The van der Waals surface area contributed by atoms with Crippen LogP contribution >= 0.6 is 96.3 Å². The molecule has 144 heavy (non-hydrogen) atoms. The summed E-state index contributed by atoms with van der Waals surface area (Å²) < 4.78 is 272. The smallest absolute Gasteiger partial charge is 0.415 e. The van der Waals surface area contributed by atoms with E-state index in [1.54, 1.807) is 0 Å². The molecule has 72 heteroatoms. The minimum atomic E-state index is -4.09. The Morgan fingerprint density at radius 3 is 0.986 bits per heavy atom. The zero-order valence-electron chi connectivity index (χ0n) is 74.4. The molecule has 0 spiro atoms. The molecule has 0 radical (unpaired) electrons. The zero-order chi connectivity index (χ0) is 108. The molecule has 13 fully saturated rings. The van der Waals surface area contributed by atoms with Gasteiger partial charge in [0.25, 0.3) is 0 Å². The van der Waals surface area contributed by atoms with Crippen molar-refractivity contribution >= 4 is 144 Å². The van der Waals surface area contributed by atoms with Crippen molar-refractivity contribution in [1.29, 1.82) is 0 Å². The number of alkyl halides is 16. The summed E-state index contributed by atoms with van der Waals surface area (Å²) in [7, 11) is 0. The Kier molecular flexibility index (Phi) is 54.0. The Balaban J connectivity index is 0.000000291. The molecule has 0 aromatic heterocycles. The number of hydrogen-bond acceptors (Lipinski definition) is 56. The summed E-state index contributed by atoms with van der Waals surface area (Å²) in [4.78, 5) is 89.1. The Bertz CT molecular complexity index is 3910. The fourth-order valence-corrected chi connectivity index (χ4v) is 20.3. The van der Waals surface area contributed by atoms with Gasteiger partial charge < -0.3 is 121 Å². The van der Waals surface area contributed by atoms with Gasteiger partial charge >= 0.3 is 89.8 Å². The van der Waals surface area contributed by atoms with Crippen molar-refractivity contribution in [2.24, 2.45) is 45.8 Å².